The first-order valence-corrected chi connectivity index (χ1v) is 12.0. The van der Waals surface area contributed by atoms with E-state index >= 15 is 0 Å². The number of carbonyl (C=O) groups is 1. The second-order valence-electron chi connectivity index (χ2n) is 7.33. The maximum atomic E-state index is 12.9. The lowest BCUT2D eigenvalue weighted by Gasteiger charge is -2.38. The van der Waals surface area contributed by atoms with E-state index in [9.17, 15) is 21.6 Å². The number of rotatable bonds is 4. The van der Waals surface area contributed by atoms with Crippen LogP contribution >= 0.6 is 0 Å². The number of sulfonamides is 1. The van der Waals surface area contributed by atoms with Gasteiger partial charge in [-0.05, 0) is 49.9 Å². The molecule has 144 valence electrons. The quantitative estimate of drug-likeness (QED) is 0.755. The van der Waals surface area contributed by atoms with Crippen molar-refractivity contribution < 1.29 is 21.6 Å². The smallest absolute Gasteiger partial charge is 0.254 e. The molecule has 1 aromatic rings. The molecule has 1 amide bonds. The van der Waals surface area contributed by atoms with E-state index in [-0.39, 0.29) is 28.1 Å². The van der Waals surface area contributed by atoms with Crippen LogP contribution in [0.5, 0.6) is 0 Å². The fourth-order valence-electron chi connectivity index (χ4n) is 3.94. The molecule has 0 N–H and O–H groups in total. The Bertz CT molecular complexity index is 893. The van der Waals surface area contributed by atoms with Crippen molar-refractivity contribution in [1.82, 2.24) is 9.21 Å². The lowest BCUT2D eigenvalue weighted by atomic mass is 10.0. The normalized spacial score (nSPS) is 26.3. The van der Waals surface area contributed by atoms with Crippen LogP contribution in [0.2, 0.25) is 0 Å². The average molecular weight is 401 g/mol. The Morgan fingerprint density at radius 2 is 1.50 bits per heavy atom. The molecule has 3 rings (SSSR count). The fraction of sp³-hybridized carbons (Fsp3) is 0.588. The zero-order valence-corrected chi connectivity index (χ0v) is 16.8. The molecule has 0 saturated carbocycles. The third kappa shape index (κ3) is 3.39. The molecular formula is C17H24N2O5S2. The molecule has 2 unspecified atom stereocenters. The Morgan fingerprint density at radius 3 is 1.92 bits per heavy atom. The van der Waals surface area contributed by atoms with E-state index in [1.165, 1.54) is 44.6 Å². The van der Waals surface area contributed by atoms with E-state index < -0.39 is 19.9 Å². The number of nitrogens with zero attached hydrogens (tertiary/aromatic N) is 2. The van der Waals surface area contributed by atoms with Gasteiger partial charge >= 0.3 is 0 Å². The molecule has 9 heteroatoms. The topological polar surface area (TPSA) is 91.8 Å². The van der Waals surface area contributed by atoms with Gasteiger partial charge in [0, 0.05) is 38.0 Å². The standard InChI is InChI=1S/C17H24N2O5S2/c1-18(2)26(23,24)15-8-4-12(5-9-15)17(20)19-13-6-7-14(19)11-16(10-13)25(3,21)22/h4-5,8-9,13-14,16H,6-7,10-11H2,1-3H3. The maximum Gasteiger partial charge on any atom is 0.254 e. The van der Waals surface area contributed by atoms with Crippen molar-refractivity contribution in [3.8, 4) is 0 Å². The largest absolute Gasteiger partial charge is 0.333 e. The monoisotopic (exact) mass is 400 g/mol. The van der Waals surface area contributed by atoms with Gasteiger partial charge in [0.05, 0.1) is 10.1 Å². The minimum atomic E-state index is -3.54. The zero-order chi connectivity index (χ0) is 19.3. The SMILES string of the molecule is CN(C)S(=O)(=O)c1ccc(C(=O)N2C3CCC2CC(S(C)(=O)=O)C3)cc1. The minimum absolute atomic E-state index is 0.0637. The summed E-state index contributed by atoms with van der Waals surface area (Å²) in [7, 11) is -3.73. The lowest BCUT2D eigenvalue weighted by molar-refractivity contribution is 0.0598. The van der Waals surface area contributed by atoms with Crippen molar-refractivity contribution in [2.75, 3.05) is 20.4 Å². The first-order chi connectivity index (χ1) is 12.0. The van der Waals surface area contributed by atoms with Crippen molar-refractivity contribution in [2.24, 2.45) is 0 Å². The summed E-state index contributed by atoms with van der Waals surface area (Å²) in [5, 5.41) is -0.378. The number of carbonyl (C=O) groups excluding carboxylic acids is 1. The van der Waals surface area contributed by atoms with Crippen LogP contribution in [0.25, 0.3) is 0 Å². The summed E-state index contributed by atoms with van der Waals surface area (Å²) in [6.45, 7) is 0. The zero-order valence-electron chi connectivity index (χ0n) is 15.1. The summed E-state index contributed by atoms with van der Waals surface area (Å²) < 4.78 is 49.1. The van der Waals surface area contributed by atoms with Crippen LogP contribution in [0.4, 0.5) is 0 Å². The van der Waals surface area contributed by atoms with E-state index in [1.54, 1.807) is 4.90 Å². The fourth-order valence-corrected chi connectivity index (χ4v) is 5.98. The second kappa shape index (κ2) is 6.61. The number of hydrogen-bond acceptors (Lipinski definition) is 5. The van der Waals surface area contributed by atoms with Gasteiger partial charge in [-0.3, -0.25) is 4.79 Å². The van der Waals surface area contributed by atoms with Gasteiger partial charge in [0.2, 0.25) is 10.0 Å². The van der Waals surface area contributed by atoms with Crippen LogP contribution in [0.1, 0.15) is 36.0 Å². The van der Waals surface area contributed by atoms with Crippen LogP contribution in [-0.2, 0) is 19.9 Å². The van der Waals surface area contributed by atoms with Crippen molar-refractivity contribution in [3.63, 3.8) is 0 Å². The molecule has 26 heavy (non-hydrogen) atoms. The molecule has 0 radical (unpaired) electrons. The van der Waals surface area contributed by atoms with E-state index in [0.29, 0.717) is 18.4 Å². The summed E-state index contributed by atoms with van der Waals surface area (Å²) in [6, 6.07) is 5.81. The van der Waals surface area contributed by atoms with Gasteiger partial charge in [0.1, 0.15) is 9.84 Å². The summed E-state index contributed by atoms with van der Waals surface area (Å²) in [6.07, 6.45) is 3.85. The molecule has 2 fully saturated rings. The number of fused-ring (bicyclic) bond motifs is 2. The van der Waals surface area contributed by atoms with E-state index in [0.717, 1.165) is 17.1 Å². The summed E-state index contributed by atoms with van der Waals surface area (Å²) in [5.74, 6) is -0.154. The summed E-state index contributed by atoms with van der Waals surface area (Å²) in [4.78, 5) is 14.9. The first-order valence-electron chi connectivity index (χ1n) is 8.56. The van der Waals surface area contributed by atoms with Crippen LogP contribution in [0.15, 0.2) is 29.2 Å². The van der Waals surface area contributed by atoms with Crippen LogP contribution in [-0.4, -0.2) is 69.6 Å². The lowest BCUT2D eigenvalue weighted by Crippen LogP contribution is -2.49. The van der Waals surface area contributed by atoms with Gasteiger partial charge in [0.25, 0.3) is 5.91 Å². The van der Waals surface area contributed by atoms with Gasteiger partial charge < -0.3 is 4.90 Å². The van der Waals surface area contributed by atoms with Gasteiger partial charge in [-0.25, -0.2) is 21.1 Å². The predicted octanol–water partition coefficient (Wildman–Crippen LogP) is 1.12. The van der Waals surface area contributed by atoms with E-state index in [2.05, 4.69) is 0 Å². The molecule has 2 heterocycles. The second-order valence-corrected chi connectivity index (χ2v) is 11.8. The molecule has 2 saturated heterocycles. The Kier molecular flexibility index (Phi) is 4.91. The highest BCUT2D eigenvalue weighted by molar-refractivity contribution is 7.91. The number of hydrogen-bond donors (Lipinski definition) is 0. The number of piperidine rings is 1. The minimum Gasteiger partial charge on any atom is -0.333 e. The van der Waals surface area contributed by atoms with Crippen molar-refractivity contribution >= 4 is 25.8 Å². The molecule has 0 aliphatic carbocycles. The van der Waals surface area contributed by atoms with Gasteiger partial charge in [0.15, 0.2) is 0 Å². The first kappa shape index (κ1) is 19.3. The van der Waals surface area contributed by atoms with Crippen molar-refractivity contribution in [2.45, 2.75) is 47.9 Å². The third-order valence-electron chi connectivity index (χ3n) is 5.41. The maximum absolute atomic E-state index is 12.9. The van der Waals surface area contributed by atoms with Crippen molar-refractivity contribution in [3.05, 3.63) is 29.8 Å². The molecule has 0 spiro atoms. The Morgan fingerprint density at radius 1 is 1.00 bits per heavy atom. The molecule has 1 aromatic carbocycles. The Balaban J connectivity index is 1.81. The van der Waals surface area contributed by atoms with Crippen LogP contribution in [0.3, 0.4) is 0 Å². The third-order valence-corrected chi connectivity index (χ3v) is 8.83. The Labute approximate surface area is 155 Å². The highest BCUT2D eigenvalue weighted by Crippen LogP contribution is 2.39. The van der Waals surface area contributed by atoms with Crippen LogP contribution < -0.4 is 0 Å². The number of benzene rings is 1. The highest BCUT2D eigenvalue weighted by Gasteiger charge is 2.46. The van der Waals surface area contributed by atoms with Gasteiger partial charge in [-0.1, -0.05) is 0 Å². The molecule has 7 nitrogen and oxygen atoms in total. The summed E-state index contributed by atoms with van der Waals surface area (Å²) in [5.41, 5.74) is 0.428. The molecule has 2 bridgehead atoms. The van der Waals surface area contributed by atoms with E-state index in [1.807, 2.05) is 0 Å². The predicted molar refractivity (Wildman–Crippen MR) is 98.2 cm³/mol. The molecule has 2 atom stereocenters. The number of sulfone groups is 1. The van der Waals surface area contributed by atoms with Gasteiger partial charge in [-0.2, -0.15) is 0 Å². The molecular weight excluding hydrogens is 376 g/mol. The molecule has 2 aliphatic heterocycles. The molecule has 0 aromatic heterocycles. The van der Waals surface area contributed by atoms with E-state index in [4.69, 9.17) is 0 Å². The Hall–Kier alpha value is -1.45. The number of amides is 1. The van der Waals surface area contributed by atoms with Crippen molar-refractivity contribution in [1.29, 1.82) is 0 Å². The summed E-state index contributed by atoms with van der Waals surface area (Å²) >= 11 is 0. The van der Waals surface area contributed by atoms with Crippen LogP contribution in [0, 0.1) is 0 Å². The van der Waals surface area contributed by atoms with Gasteiger partial charge in [-0.15, -0.1) is 0 Å². The average Bonchev–Trinajstić information content (AvgIpc) is 2.82. The highest BCUT2D eigenvalue weighted by atomic mass is 32.2. The molecule has 2 aliphatic rings.